The number of Topliss-reactive ketones (excluding diaryl/α,β-unsaturated/α-hetero) is 1. The van der Waals surface area contributed by atoms with E-state index in [2.05, 4.69) is 6.58 Å². The predicted molar refractivity (Wildman–Crippen MR) is 68.5 cm³/mol. The maximum absolute atomic E-state index is 10.7. The third-order valence-electron chi connectivity index (χ3n) is 2.62. The van der Waals surface area contributed by atoms with Crippen molar-refractivity contribution in [2.75, 3.05) is 0 Å². The van der Waals surface area contributed by atoms with Gasteiger partial charge in [-0.05, 0) is 39.2 Å². The zero-order chi connectivity index (χ0) is 13.4. The zero-order valence-corrected chi connectivity index (χ0v) is 10.9. The first-order chi connectivity index (χ1) is 7.84. The van der Waals surface area contributed by atoms with Crippen molar-refractivity contribution in [1.82, 2.24) is 0 Å². The molecule has 1 unspecified atom stereocenters. The molecule has 0 rings (SSSR count). The van der Waals surface area contributed by atoms with Crippen LogP contribution in [0.15, 0.2) is 23.8 Å². The minimum absolute atomic E-state index is 0.166. The van der Waals surface area contributed by atoms with E-state index in [1.807, 2.05) is 13.0 Å². The van der Waals surface area contributed by atoms with E-state index in [0.717, 1.165) is 12.0 Å². The van der Waals surface area contributed by atoms with Crippen LogP contribution >= 0.6 is 0 Å². The Morgan fingerprint density at radius 1 is 1.35 bits per heavy atom. The summed E-state index contributed by atoms with van der Waals surface area (Å²) in [5, 5.41) is 10.7. The van der Waals surface area contributed by atoms with E-state index in [-0.39, 0.29) is 10.7 Å². The molecule has 0 amide bonds. The smallest absolute Gasteiger partial charge is 0.233 e. The molecule has 0 aliphatic carbocycles. The summed E-state index contributed by atoms with van der Waals surface area (Å²) in [4.78, 5) is 21.2. The Balaban J connectivity index is 4.12. The number of ketones is 1. The highest BCUT2D eigenvalue weighted by Gasteiger charge is 2.20. The van der Waals surface area contributed by atoms with E-state index in [0.29, 0.717) is 24.8 Å². The molecule has 0 aromatic heterocycles. The number of hydrogen-bond donors (Lipinski definition) is 0. The summed E-state index contributed by atoms with van der Waals surface area (Å²) in [6.07, 6.45) is 4.39. The Labute approximate surface area is 103 Å². The van der Waals surface area contributed by atoms with Gasteiger partial charge in [0.05, 0.1) is 0 Å². The van der Waals surface area contributed by atoms with Crippen LogP contribution in [0.5, 0.6) is 0 Å². The van der Waals surface area contributed by atoms with Gasteiger partial charge in [0.2, 0.25) is 6.04 Å². The molecule has 0 aliphatic rings. The third-order valence-corrected chi connectivity index (χ3v) is 2.62. The molecule has 0 bridgehead atoms. The summed E-state index contributed by atoms with van der Waals surface area (Å²) in [5.41, 5.74) is 1.69. The molecule has 0 aliphatic heterocycles. The number of rotatable bonds is 8. The number of allylic oxidation sites excluding steroid dienone is 2. The van der Waals surface area contributed by atoms with Crippen LogP contribution in [0.25, 0.3) is 0 Å². The number of carbonyl (C=O) groups is 1. The van der Waals surface area contributed by atoms with Gasteiger partial charge >= 0.3 is 0 Å². The first-order valence-electron chi connectivity index (χ1n) is 5.78. The molecule has 0 fully saturated rings. The minimum Gasteiger partial charge on any atom is -0.300 e. The molecule has 0 aromatic carbocycles. The fourth-order valence-corrected chi connectivity index (χ4v) is 1.52. The van der Waals surface area contributed by atoms with Gasteiger partial charge in [0, 0.05) is 17.8 Å². The van der Waals surface area contributed by atoms with Crippen LogP contribution in [-0.4, -0.2) is 16.7 Å². The lowest BCUT2D eigenvalue weighted by Crippen LogP contribution is -2.20. The second kappa shape index (κ2) is 7.76. The predicted octanol–water partition coefficient (Wildman–Crippen LogP) is 3.30. The first kappa shape index (κ1) is 15.6. The van der Waals surface area contributed by atoms with Gasteiger partial charge in [0.25, 0.3) is 0 Å². The first-order valence-corrected chi connectivity index (χ1v) is 5.78. The number of hydrogen-bond acceptors (Lipinski definition) is 3. The molecular formula is C13H21NO3. The summed E-state index contributed by atoms with van der Waals surface area (Å²) in [5.74, 6) is 0.166. The lowest BCUT2D eigenvalue weighted by atomic mass is 10.0. The molecule has 4 nitrogen and oxygen atoms in total. The van der Waals surface area contributed by atoms with Crippen molar-refractivity contribution in [2.24, 2.45) is 0 Å². The second-order valence-electron chi connectivity index (χ2n) is 4.48. The van der Waals surface area contributed by atoms with Gasteiger partial charge < -0.3 is 4.79 Å². The standard InChI is InChI=1S/C13H21NO3/c1-10(2)13(14(16)17)9-8-11(3)6-5-7-12(4)15/h6,13H,1,5,7-9H2,2-4H3/b11-6+. The van der Waals surface area contributed by atoms with Crippen LogP contribution in [0.2, 0.25) is 0 Å². The number of nitrogens with zero attached hydrogens (tertiary/aromatic N) is 1. The molecule has 0 heterocycles. The van der Waals surface area contributed by atoms with Crippen LogP contribution < -0.4 is 0 Å². The Hall–Kier alpha value is -1.45. The SMILES string of the molecule is C=C(C)C(CC/C(C)=C/CCC(C)=O)[N+](=O)[O-]. The van der Waals surface area contributed by atoms with Crippen molar-refractivity contribution in [3.8, 4) is 0 Å². The lowest BCUT2D eigenvalue weighted by Gasteiger charge is -2.08. The molecule has 0 N–H and O–H groups in total. The van der Waals surface area contributed by atoms with Crippen molar-refractivity contribution in [3.05, 3.63) is 33.9 Å². The van der Waals surface area contributed by atoms with Crippen molar-refractivity contribution < 1.29 is 9.72 Å². The highest BCUT2D eigenvalue weighted by Crippen LogP contribution is 2.15. The van der Waals surface area contributed by atoms with E-state index in [9.17, 15) is 14.9 Å². The fourth-order valence-electron chi connectivity index (χ4n) is 1.52. The molecule has 0 saturated heterocycles. The molecular weight excluding hydrogens is 218 g/mol. The molecule has 4 heteroatoms. The Bertz CT molecular complexity index is 318. The van der Waals surface area contributed by atoms with Gasteiger partial charge in [0.15, 0.2) is 0 Å². The minimum atomic E-state index is -0.661. The zero-order valence-electron chi connectivity index (χ0n) is 10.9. The van der Waals surface area contributed by atoms with Crippen molar-refractivity contribution in [1.29, 1.82) is 0 Å². The van der Waals surface area contributed by atoms with Crippen molar-refractivity contribution in [2.45, 2.75) is 52.5 Å². The van der Waals surface area contributed by atoms with Crippen molar-refractivity contribution in [3.63, 3.8) is 0 Å². The molecule has 0 aromatic rings. The van der Waals surface area contributed by atoms with Crippen molar-refractivity contribution >= 4 is 5.78 Å². The average Bonchev–Trinajstić information content (AvgIpc) is 2.15. The lowest BCUT2D eigenvalue weighted by molar-refractivity contribution is -0.512. The van der Waals surface area contributed by atoms with Crippen LogP contribution in [0.1, 0.15) is 46.5 Å². The van der Waals surface area contributed by atoms with E-state index < -0.39 is 6.04 Å². The summed E-state index contributed by atoms with van der Waals surface area (Å²) in [7, 11) is 0. The van der Waals surface area contributed by atoms with Crippen LogP contribution in [0, 0.1) is 10.1 Å². The van der Waals surface area contributed by atoms with E-state index >= 15 is 0 Å². The van der Waals surface area contributed by atoms with Crippen LogP contribution in [0.3, 0.4) is 0 Å². The molecule has 96 valence electrons. The highest BCUT2D eigenvalue weighted by molar-refractivity contribution is 5.75. The van der Waals surface area contributed by atoms with Crippen LogP contribution in [0.4, 0.5) is 0 Å². The quantitative estimate of drug-likeness (QED) is 0.371. The van der Waals surface area contributed by atoms with Gasteiger partial charge in [-0.25, -0.2) is 0 Å². The molecule has 0 saturated carbocycles. The van der Waals surface area contributed by atoms with Crippen LogP contribution in [-0.2, 0) is 4.79 Å². The second-order valence-corrected chi connectivity index (χ2v) is 4.48. The maximum atomic E-state index is 10.7. The van der Waals surface area contributed by atoms with Gasteiger partial charge in [0.1, 0.15) is 5.78 Å². The highest BCUT2D eigenvalue weighted by atomic mass is 16.6. The maximum Gasteiger partial charge on any atom is 0.233 e. The summed E-state index contributed by atoms with van der Waals surface area (Å²) < 4.78 is 0. The Morgan fingerprint density at radius 2 is 1.94 bits per heavy atom. The largest absolute Gasteiger partial charge is 0.300 e. The Morgan fingerprint density at radius 3 is 2.35 bits per heavy atom. The van der Waals surface area contributed by atoms with Gasteiger partial charge in [-0.3, -0.25) is 10.1 Å². The summed E-state index contributed by atoms with van der Waals surface area (Å²) in [6, 6.07) is -0.661. The third kappa shape index (κ3) is 7.44. The van der Waals surface area contributed by atoms with Gasteiger partial charge in [-0.1, -0.05) is 18.2 Å². The molecule has 0 spiro atoms. The molecule has 1 atom stereocenters. The number of carbonyl (C=O) groups excluding carboxylic acids is 1. The fraction of sp³-hybridized carbons (Fsp3) is 0.615. The topological polar surface area (TPSA) is 60.2 Å². The van der Waals surface area contributed by atoms with Gasteiger partial charge in [-0.2, -0.15) is 0 Å². The molecule has 0 radical (unpaired) electrons. The molecule has 17 heavy (non-hydrogen) atoms. The normalized spacial score (nSPS) is 13.2. The Kier molecular flexibility index (Phi) is 7.10. The monoisotopic (exact) mass is 239 g/mol. The number of nitro groups is 1. The van der Waals surface area contributed by atoms with E-state index in [4.69, 9.17) is 0 Å². The van der Waals surface area contributed by atoms with Gasteiger partial charge in [-0.15, -0.1) is 0 Å². The van der Waals surface area contributed by atoms with E-state index in [1.54, 1.807) is 13.8 Å². The summed E-state index contributed by atoms with van der Waals surface area (Å²) >= 11 is 0. The average molecular weight is 239 g/mol. The van der Waals surface area contributed by atoms with E-state index in [1.165, 1.54) is 0 Å². The summed E-state index contributed by atoms with van der Waals surface area (Å²) in [6.45, 7) is 8.82.